The fourth-order valence-corrected chi connectivity index (χ4v) is 3.21. The largest absolute Gasteiger partial charge is 0.457 e. The first-order valence-electron chi connectivity index (χ1n) is 8.77. The van der Waals surface area contributed by atoms with Crippen molar-refractivity contribution < 1.29 is 4.74 Å². The van der Waals surface area contributed by atoms with Crippen LogP contribution in [0.5, 0.6) is 11.5 Å². The number of aryl methyl sites for hydroxylation is 1. The summed E-state index contributed by atoms with van der Waals surface area (Å²) >= 11 is 0. The number of benzene rings is 2. The molecule has 0 amide bonds. The molecule has 2 heterocycles. The molecule has 0 radical (unpaired) electrons. The number of hydrogen-bond acceptors (Lipinski definition) is 5. The van der Waals surface area contributed by atoms with Crippen LogP contribution < -0.4 is 14.5 Å². The molecule has 0 aliphatic carbocycles. The molecule has 5 nitrogen and oxygen atoms in total. The zero-order valence-corrected chi connectivity index (χ0v) is 15.5. The molecule has 26 heavy (non-hydrogen) atoms. The summed E-state index contributed by atoms with van der Waals surface area (Å²) in [7, 11) is 4.13. The zero-order chi connectivity index (χ0) is 18.1. The topological polar surface area (TPSA) is 22.2 Å². The van der Waals surface area contributed by atoms with E-state index in [1.54, 1.807) is 0 Å². The Balaban J connectivity index is 1.55. The maximum Gasteiger partial charge on any atom is 0.129 e. The van der Waals surface area contributed by atoms with Gasteiger partial charge in [-0.25, -0.2) is 0 Å². The molecular weight excluding hydrogens is 324 g/mol. The second kappa shape index (κ2) is 6.67. The average Bonchev–Trinajstić information content (AvgIpc) is 3.23. The van der Waals surface area contributed by atoms with Crippen LogP contribution in [0.3, 0.4) is 0 Å². The second-order valence-electron chi connectivity index (χ2n) is 6.94. The van der Waals surface area contributed by atoms with Crippen LogP contribution in [0.2, 0.25) is 0 Å². The summed E-state index contributed by atoms with van der Waals surface area (Å²) in [4.78, 5) is 8.69. The molecule has 2 aliphatic rings. The number of rotatable bonds is 4. The maximum absolute atomic E-state index is 6.18. The van der Waals surface area contributed by atoms with E-state index in [1.165, 1.54) is 5.56 Å². The standard InChI is InChI=1S/C21H24N4O/c1-17-11-19(25-10-8-23(3)16-25)14-21(12-17)26-20-6-4-5-18(13-20)24-9-7-22(2)15-24/h4-14H,15-16H2,1-3H3. The van der Waals surface area contributed by atoms with Crippen LogP contribution in [0.25, 0.3) is 0 Å². The zero-order valence-electron chi connectivity index (χ0n) is 15.5. The molecule has 0 aromatic heterocycles. The minimum absolute atomic E-state index is 0.844. The Morgan fingerprint density at radius 3 is 2.04 bits per heavy atom. The summed E-state index contributed by atoms with van der Waals surface area (Å²) in [6, 6.07) is 14.6. The monoisotopic (exact) mass is 348 g/mol. The Labute approximate surface area is 155 Å². The molecule has 5 heteroatoms. The first kappa shape index (κ1) is 16.4. The van der Waals surface area contributed by atoms with E-state index in [0.29, 0.717) is 0 Å². The van der Waals surface area contributed by atoms with E-state index in [2.05, 4.69) is 95.8 Å². The lowest BCUT2D eigenvalue weighted by molar-refractivity contribution is 0.479. The lowest BCUT2D eigenvalue weighted by Gasteiger charge is -2.20. The van der Waals surface area contributed by atoms with E-state index in [0.717, 1.165) is 36.2 Å². The summed E-state index contributed by atoms with van der Waals surface area (Å²) in [6.07, 6.45) is 8.32. The van der Waals surface area contributed by atoms with E-state index < -0.39 is 0 Å². The predicted octanol–water partition coefficient (Wildman–Crippen LogP) is 4.15. The van der Waals surface area contributed by atoms with Gasteiger partial charge in [-0.05, 0) is 36.8 Å². The van der Waals surface area contributed by atoms with Crippen molar-refractivity contribution in [2.75, 3.05) is 37.2 Å². The SMILES string of the molecule is Cc1cc(Oc2cccc(N3C=CN(C)C3)c2)cc(N2C=CN(C)C2)c1. The van der Waals surface area contributed by atoms with Crippen LogP contribution in [0.1, 0.15) is 5.56 Å². The number of anilines is 2. The minimum Gasteiger partial charge on any atom is -0.457 e. The van der Waals surface area contributed by atoms with Gasteiger partial charge in [0.2, 0.25) is 0 Å². The highest BCUT2D eigenvalue weighted by molar-refractivity contribution is 5.58. The predicted molar refractivity (Wildman–Crippen MR) is 106 cm³/mol. The summed E-state index contributed by atoms with van der Waals surface area (Å²) in [5.41, 5.74) is 3.45. The first-order chi connectivity index (χ1) is 12.6. The van der Waals surface area contributed by atoms with Crippen LogP contribution in [0, 0.1) is 6.92 Å². The van der Waals surface area contributed by atoms with Crippen molar-refractivity contribution in [2.24, 2.45) is 0 Å². The minimum atomic E-state index is 0.844. The smallest absolute Gasteiger partial charge is 0.129 e. The van der Waals surface area contributed by atoms with Crippen molar-refractivity contribution in [3.8, 4) is 11.5 Å². The molecule has 2 aromatic rings. The van der Waals surface area contributed by atoms with Crippen molar-refractivity contribution in [3.63, 3.8) is 0 Å². The summed E-state index contributed by atoms with van der Waals surface area (Å²) < 4.78 is 6.18. The van der Waals surface area contributed by atoms with Gasteiger partial charge in [-0.2, -0.15) is 0 Å². The van der Waals surface area contributed by atoms with Crippen LogP contribution in [0.15, 0.2) is 67.3 Å². The Morgan fingerprint density at radius 1 is 0.731 bits per heavy atom. The second-order valence-corrected chi connectivity index (χ2v) is 6.94. The molecule has 0 spiro atoms. The molecule has 4 rings (SSSR count). The van der Waals surface area contributed by atoms with Gasteiger partial charge in [0.05, 0.1) is 13.3 Å². The highest BCUT2D eigenvalue weighted by Crippen LogP contribution is 2.31. The van der Waals surface area contributed by atoms with E-state index in [-0.39, 0.29) is 0 Å². The molecule has 0 saturated carbocycles. The molecule has 0 bridgehead atoms. The van der Waals surface area contributed by atoms with E-state index in [4.69, 9.17) is 4.74 Å². The normalized spacial score (nSPS) is 16.1. The van der Waals surface area contributed by atoms with Crippen LogP contribution in [-0.4, -0.2) is 37.2 Å². The van der Waals surface area contributed by atoms with Crippen LogP contribution >= 0.6 is 0 Å². The molecule has 0 saturated heterocycles. The van der Waals surface area contributed by atoms with Gasteiger partial charge in [-0.15, -0.1) is 0 Å². The summed E-state index contributed by atoms with van der Waals surface area (Å²) in [6.45, 7) is 3.81. The fraction of sp³-hybridized carbons (Fsp3) is 0.238. The van der Waals surface area contributed by atoms with E-state index >= 15 is 0 Å². The van der Waals surface area contributed by atoms with Gasteiger partial charge in [0.1, 0.15) is 11.5 Å². The average molecular weight is 348 g/mol. The highest BCUT2D eigenvalue weighted by atomic mass is 16.5. The third-order valence-corrected chi connectivity index (χ3v) is 4.51. The maximum atomic E-state index is 6.18. The molecule has 0 N–H and O–H groups in total. The lowest BCUT2D eigenvalue weighted by Crippen LogP contribution is -2.21. The quantitative estimate of drug-likeness (QED) is 0.826. The highest BCUT2D eigenvalue weighted by Gasteiger charge is 2.14. The van der Waals surface area contributed by atoms with Gasteiger partial charge < -0.3 is 24.3 Å². The molecular formula is C21H24N4O. The fourth-order valence-electron chi connectivity index (χ4n) is 3.21. The van der Waals surface area contributed by atoms with Crippen molar-refractivity contribution in [1.82, 2.24) is 9.80 Å². The Morgan fingerprint density at radius 2 is 1.38 bits per heavy atom. The number of ether oxygens (including phenoxy) is 1. The van der Waals surface area contributed by atoms with Gasteiger partial charge in [0.15, 0.2) is 0 Å². The van der Waals surface area contributed by atoms with Gasteiger partial charge in [-0.1, -0.05) is 6.07 Å². The molecule has 2 aliphatic heterocycles. The third-order valence-electron chi connectivity index (χ3n) is 4.51. The first-order valence-corrected chi connectivity index (χ1v) is 8.77. The Kier molecular flexibility index (Phi) is 4.21. The van der Waals surface area contributed by atoms with Gasteiger partial charge >= 0.3 is 0 Å². The molecule has 2 aromatic carbocycles. The summed E-state index contributed by atoms with van der Waals surface area (Å²) in [5.74, 6) is 1.70. The van der Waals surface area contributed by atoms with Crippen molar-refractivity contribution in [3.05, 3.63) is 72.8 Å². The Bertz CT molecular complexity index is 861. The number of hydrogen-bond donors (Lipinski definition) is 0. The van der Waals surface area contributed by atoms with Gasteiger partial charge in [-0.3, -0.25) is 0 Å². The molecule has 134 valence electrons. The summed E-state index contributed by atoms with van der Waals surface area (Å²) in [5, 5.41) is 0. The molecule has 0 unspecified atom stereocenters. The van der Waals surface area contributed by atoms with Crippen molar-refractivity contribution >= 4 is 11.4 Å². The molecule has 0 fully saturated rings. The van der Waals surface area contributed by atoms with Crippen LogP contribution in [0.4, 0.5) is 11.4 Å². The van der Waals surface area contributed by atoms with Crippen molar-refractivity contribution in [1.29, 1.82) is 0 Å². The van der Waals surface area contributed by atoms with Gasteiger partial charge in [0, 0.05) is 62.4 Å². The van der Waals surface area contributed by atoms with Crippen molar-refractivity contribution in [2.45, 2.75) is 6.92 Å². The van der Waals surface area contributed by atoms with E-state index in [9.17, 15) is 0 Å². The molecule has 0 atom stereocenters. The van der Waals surface area contributed by atoms with Gasteiger partial charge in [0.25, 0.3) is 0 Å². The Hall–Kier alpha value is -3.08. The van der Waals surface area contributed by atoms with E-state index in [1.807, 2.05) is 12.1 Å². The lowest BCUT2D eigenvalue weighted by atomic mass is 10.2. The van der Waals surface area contributed by atoms with Crippen LogP contribution in [-0.2, 0) is 0 Å². The number of nitrogens with zero attached hydrogens (tertiary/aromatic N) is 4. The third kappa shape index (κ3) is 3.47.